The van der Waals surface area contributed by atoms with Crippen LogP contribution >= 0.6 is 11.6 Å². The molecule has 1 saturated heterocycles. The van der Waals surface area contributed by atoms with E-state index in [1.54, 1.807) is 13.8 Å². The Kier molecular flexibility index (Phi) is 7.80. The highest BCUT2D eigenvalue weighted by Gasteiger charge is 2.61. The third-order valence-electron chi connectivity index (χ3n) is 6.46. The lowest BCUT2D eigenvalue weighted by atomic mass is 9.83. The van der Waals surface area contributed by atoms with Crippen molar-refractivity contribution in [3.8, 4) is 0 Å². The van der Waals surface area contributed by atoms with Gasteiger partial charge < -0.3 is 15.1 Å². The molecule has 0 spiro atoms. The smallest absolute Gasteiger partial charge is 0.416 e. The van der Waals surface area contributed by atoms with Crippen molar-refractivity contribution in [2.75, 3.05) is 0 Å². The van der Waals surface area contributed by atoms with Crippen LogP contribution in [0, 0.1) is 11.8 Å². The van der Waals surface area contributed by atoms with E-state index in [1.165, 1.54) is 0 Å². The zero-order valence-corrected chi connectivity index (χ0v) is 20.7. The largest absolute Gasteiger partial charge is 0.481 e. The Hall–Kier alpha value is -3.28. The van der Waals surface area contributed by atoms with Gasteiger partial charge in [0.2, 0.25) is 0 Å². The van der Waals surface area contributed by atoms with Gasteiger partial charge in [-0.2, -0.15) is 26.3 Å². The minimum atomic E-state index is -4.87. The van der Waals surface area contributed by atoms with Crippen LogP contribution in [0.3, 0.4) is 0 Å². The Bertz CT molecular complexity index is 1240. The quantitative estimate of drug-likeness (QED) is 0.388. The van der Waals surface area contributed by atoms with Gasteiger partial charge in [-0.1, -0.05) is 25.4 Å². The summed E-state index contributed by atoms with van der Waals surface area (Å²) in [6.07, 6.45) is -10.6. The minimum Gasteiger partial charge on any atom is -0.481 e. The molecule has 6 nitrogen and oxygen atoms in total. The van der Waals surface area contributed by atoms with Gasteiger partial charge in [-0.05, 0) is 66.8 Å². The Morgan fingerprint density at radius 1 is 0.974 bits per heavy atom. The Labute approximate surface area is 217 Å². The van der Waals surface area contributed by atoms with Crippen molar-refractivity contribution in [2.24, 2.45) is 11.8 Å². The van der Waals surface area contributed by atoms with Gasteiger partial charge in [0, 0.05) is 10.6 Å². The summed E-state index contributed by atoms with van der Waals surface area (Å²) in [5, 5.41) is 19.9. The fraction of sp³-hybridized carbons (Fsp3) is 0.400. The van der Waals surface area contributed by atoms with Crippen LogP contribution in [0.2, 0.25) is 5.02 Å². The average Bonchev–Trinajstić information content (AvgIpc) is 3.13. The van der Waals surface area contributed by atoms with Crippen LogP contribution in [-0.4, -0.2) is 38.5 Å². The van der Waals surface area contributed by atoms with Crippen LogP contribution in [0.5, 0.6) is 0 Å². The lowest BCUT2D eigenvalue weighted by molar-refractivity contribution is -0.150. The minimum absolute atomic E-state index is 0.286. The first kappa shape index (κ1) is 29.3. The number of hydrogen-bond donors (Lipinski definition) is 2. The monoisotopic (exact) mass is 565 g/mol. The molecule has 0 aliphatic carbocycles. The highest BCUT2D eigenvalue weighted by atomic mass is 35.5. The Morgan fingerprint density at radius 2 is 1.50 bits per heavy atom. The molecule has 2 N–H and O–H groups in total. The van der Waals surface area contributed by atoms with Crippen LogP contribution in [0.15, 0.2) is 42.5 Å². The van der Waals surface area contributed by atoms with Crippen molar-refractivity contribution in [1.82, 2.24) is 4.90 Å². The van der Waals surface area contributed by atoms with Gasteiger partial charge >= 0.3 is 24.3 Å². The van der Waals surface area contributed by atoms with E-state index in [2.05, 4.69) is 0 Å². The first-order valence-electron chi connectivity index (χ1n) is 11.2. The summed E-state index contributed by atoms with van der Waals surface area (Å²) in [6.45, 7) is 3.21. The number of carbonyl (C=O) groups excluding carboxylic acids is 1. The predicted octanol–water partition coefficient (Wildman–Crippen LogP) is 6.54. The maximum absolute atomic E-state index is 13.8. The van der Waals surface area contributed by atoms with Crippen molar-refractivity contribution < 1.29 is 50.9 Å². The normalized spacial score (nSPS) is 22.1. The molecule has 0 aromatic heterocycles. The molecule has 3 atom stereocenters. The number of carboxylic acid groups (broad SMARTS) is 2. The SMILES string of the molecule is CC(C)CC1(C(=O)O)CC(C(=O)O)C(c2cc(C(F)(F)F)ccc2Cl)N1C(=O)c1ccc(C(F)(F)F)cc1. The van der Waals surface area contributed by atoms with Gasteiger partial charge in [0.1, 0.15) is 5.54 Å². The molecule has 3 unspecified atom stereocenters. The first-order chi connectivity index (χ1) is 17.4. The molecule has 0 bridgehead atoms. The van der Waals surface area contributed by atoms with E-state index in [-0.39, 0.29) is 11.4 Å². The zero-order chi connectivity index (χ0) is 28.8. The van der Waals surface area contributed by atoms with Crippen LogP contribution in [0.4, 0.5) is 26.3 Å². The summed E-state index contributed by atoms with van der Waals surface area (Å²) >= 11 is 6.19. The van der Waals surface area contributed by atoms with Crippen molar-refractivity contribution in [2.45, 2.75) is 50.6 Å². The number of benzene rings is 2. The van der Waals surface area contributed by atoms with E-state index >= 15 is 0 Å². The number of carbonyl (C=O) groups is 3. The highest BCUT2D eigenvalue weighted by Crippen LogP contribution is 2.52. The summed E-state index contributed by atoms with van der Waals surface area (Å²) in [7, 11) is 0. The fourth-order valence-corrected chi connectivity index (χ4v) is 5.17. The first-order valence-corrected chi connectivity index (χ1v) is 11.6. The molecule has 1 aliphatic rings. The zero-order valence-electron chi connectivity index (χ0n) is 19.9. The van der Waals surface area contributed by atoms with Gasteiger partial charge in [-0.15, -0.1) is 0 Å². The van der Waals surface area contributed by atoms with E-state index in [4.69, 9.17) is 11.6 Å². The molecule has 0 radical (unpaired) electrons. The molecular formula is C25H22ClF6NO5. The third kappa shape index (κ3) is 5.45. The summed E-state index contributed by atoms with van der Waals surface area (Å²) in [5.74, 6) is -6.48. The number of alkyl halides is 6. The fourth-order valence-electron chi connectivity index (χ4n) is 4.94. The molecule has 206 valence electrons. The Balaban J connectivity index is 2.31. The summed E-state index contributed by atoms with van der Waals surface area (Å²) < 4.78 is 79.7. The summed E-state index contributed by atoms with van der Waals surface area (Å²) in [4.78, 5) is 39.5. The number of carboxylic acids is 2. The van der Waals surface area contributed by atoms with E-state index in [0.717, 1.165) is 18.2 Å². The second-order valence-corrected chi connectivity index (χ2v) is 9.92. The summed E-state index contributed by atoms with van der Waals surface area (Å²) in [6, 6.07) is 3.08. The number of nitrogens with zero attached hydrogens (tertiary/aromatic N) is 1. The van der Waals surface area contributed by atoms with Gasteiger partial charge in [0.05, 0.1) is 23.1 Å². The molecule has 38 heavy (non-hydrogen) atoms. The number of aliphatic carboxylic acids is 2. The highest BCUT2D eigenvalue weighted by molar-refractivity contribution is 6.31. The maximum atomic E-state index is 13.8. The van der Waals surface area contributed by atoms with Crippen LogP contribution in [-0.2, 0) is 21.9 Å². The Morgan fingerprint density at radius 3 is 1.95 bits per heavy atom. The predicted molar refractivity (Wildman–Crippen MR) is 122 cm³/mol. The van der Waals surface area contributed by atoms with Crippen LogP contribution in [0.1, 0.15) is 59.8 Å². The third-order valence-corrected chi connectivity index (χ3v) is 6.80. The molecule has 1 fully saturated rings. The number of likely N-dealkylation sites (tertiary alicyclic amines) is 1. The van der Waals surface area contributed by atoms with Gasteiger partial charge in [0.25, 0.3) is 5.91 Å². The van der Waals surface area contributed by atoms with E-state index < -0.39 is 82.3 Å². The number of hydrogen-bond acceptors (Lipinski definition) is 3. The molecule has 2 aromatic carbocycles. The number of rotatable bonds is 6. The van der Waals surface area contributed by atoms with Crippen LogP contribution < -0.4 is 0 Å². The van der Waals surface area contributed by atoms with E-state index in [1.807, 2.05) is 0 Å². The number of amides is 1. The van der Waals surface area contributed by atoms with Gasteiger partial charge in [-0.25, -0.2) is 4.79 Å². The average molecular weight is 566 g/mol. The molecule has 13 heteroatoms. The maximum Gasteiger partial charge on any atom is 0.416 e. The summed E-state index contributed by atoms with van der Waals surface area (Å²) in [5.41, 5.74) is -5.37. The second-order valence-electron chi connectivity index (χ2n) is 9.51. The number of halogens is 7. The molecule has 3 rings (SSSR count). The molecule has 2 aromatic rings. The molecule has 1 aliphatic heterocycles. The lowest BCUT2D eigenvalue weighted by Crippen LogP contribution is -2.54. The van der Waals surface area contributed by atoms with Crippen molar-refractivity contribution in [3.63, 3.8) is 0 Å². The van der Waals surface area contributed by atoms with Crippen molar-refractivity contribution >= 4 is 29.4 Å². The lowest BCUT2D eigenvalue weighted by Gasteiger charge is -2.39. The van der Waals surface area contributed by atoms with Gasteiger partial charge in [0.15, 0.2) is 0 Å². The molecule has 1 amide bonds. The molecule has 0 saturated carbocycles. The van der Waals surface area contributed by atoms with Crippen molar-refractivity contribution in [1.29, 1.82) is 0 Å². The van der Waals surface area contributed by atoms with E-state index in [0.29, 0.717) is 29.2 Å². The topological polar surface area (TPSA) is 94.9 Å². The molecular weight excluding hydrogens is 544 g/mol. The molecule has 1 heterocycles. The second kappa shape index (κ2) is 10.1. The van der Waals surface area contributed by atoms with Crippen LogP contribution in [0.25, 0.3) is 0 Å². The standard InChI is InChI=1S/C25H22ClF6NO5/c1-12(2)10-23(22(37)38)11-17(21(35)36)19(16-9-15(25(30,31)32)7-8-18(16)26)33(23)20(34)13-3-5-14(6-4-13)24(27,28)29/h3-9,12,17,19H,10-11H2,1-2H3,(H,35,36)(H,37,38). The van der Waals surface area contributed by atoms with Crippen molar-refractivity contribution in [3.05, 3.63) is 69.7 Å². The van der Waals surface area contributed by atoms with E-state index in [9.17, 15) is 50.9 Å². The van der Waals surface area contributed by atoms with Gasteiger partial charge in [-0.3, -0.25) is 9.59 Å².